The van der Waals surface area contributed by atoms with Crippen LogP contribution in [0.3, 0.4) is 0 Å². The SMILES string of the molecule is COc1cc(NC(=O)COc2c(Cl)c(C)c(Cl)c(C)c2Cl)ccc1NC(=O)c1ccccc1Cl. The molecule has 0 atom stereocenters. The van der Waals surface area contributed by atoms with Gasteiger partial charge in [-0.2, -0.15) is 0 Å². The number of carbonyl (C=O) groups excluding carboxylic acids is 2. The molecule has 2 amide bonds. The average molecular weight is 542 g/mol. The Hall–Kier alpha value is -2.64. The number of rotatable bonds is 7. The van der Waals surface area contributed by atoms with Gasteiger partial charge in [0, 0.05) is 16.8 Å². The first-order valence-electron chi connectivity index (χ1n) is 9.94. The van der Waals surface area contributed by atoms with E-state index in [2.05, 4.69) is 10.6 Å². The first-order chi connectivity index (χ1) is 16.1. The molecular weight excluding hydrogens is 522 g/mol. The molecule has 3 rings (SSSR count). The van der Waals surface area contributed by atoms with Gasteiger partial charge < -0.3 is 20.1 Å². The van der Waals surface area contributed by atoms with Crippen molar-refractivity contribution in [2.45, 2.75) is 13.8 Å². The molecule has 0 saturated heterocycles. The lowest BCUT2D eigenvalue weighted by atomic mass is 10.1. The predicted octanol–water partition coefficient (Wildman–Crippen LogP) is 7.20. The van der Waals surface area contributed by atoms with E-state index in [4.69, 9.17) is 55.9 Å². The number of amides is 2. The Balaban J connectivity index is 1.69. The molecule has 3 aromatic carbocycles. The van der Waals surface area contributed by atoms with Gasteiger partial charge in [0.15, 0.2) is 12.4 Å². The topological polar surface area (TPSA) is 76.7 Å². The monoisotopic (exact) mass is 540 g/mol. The van der Waals surface area contributed by atoms with Crippen LogP contribution in [0.1, 0.15) is 21.5 Å². The number of hydrogen-bond donors (Lipinski definition) is 2. The lowest BCUT2D eigenvalue weighted by Gasteiger charge is -2.16. The fraction of sp³-hybridized carbons (Fsp3) is 0.167. The normalized spacial score (nSPS) is 10.6. The Morgan fingerprint density at radius 1 is 0.882 bits per heavy atom. The predicted molar refractivity (Wildman–Crippen MR) is 137 cm³/mol. The first-order valence-corrected chi connectivity index (χ1v) is 11.5. The molecule has 0 aliphatic heterocycles. The van der Waals surface area contributed by atoms with Gasteiger partial charge in [-0.15, -0.1) is 0 Å². The van der Waals surface area contributed by atoms with Crippen LogP contribution in [0.2, 0.25) is 20.1 Å². The van der Waals surface area contributed by atoms with Gasteiger partial charge in [-0.05, 0) is 49.2 Å². The van der Waals surface area contributed by atoms with E-state index >= 15 is 0 Å². The highest BCUT2D eigenvalue weighted by molar-refractivity contribution is 6.42. The lowest BCUT2D eigenvalue weighted by molar-refractivity contribution is -0.118. The van der Waals surface area contributed by atoms with Gasteiger partial charge in [-0.1, -0.05) is 58.5 Å². The number of carbonyl (C=O) groups is 2. The molecule has 10 heteroatoms. The summed E-state index contributed by atoms with van der Waals surface area (Å²) in [6.07, 6.45) is 0. The van der Waals surface area contributed by atoms with Crippen molar-refractivity contribution in [1.29, 1.82) is 0 Å². The third-order valence-electron chi connectivity index (χ3n) is 4.92. The second-order valence-electron chi connectivity index (χ2n) is 7.21. The molecule has 6 nitrogen and oxygen atoms in total. The molecule has 0 heterocycles. The number of nitrogens with one attached hydrogen (secondary N) is 2. The maximum Gasteiger partial charge on any atom is 0.262 e. The number of hydrogen-bond acceptors (Lipinski definition) is 4. The Morgan fingerprint density at radius 3 is 2.15 bits per heavy atom. The standard InChI is InChI=1S/C24H20Cl4N2O4/c1-12-20(26)13(2)22(28)23(21(12)27)34-11-19(31)29-14-8-9-17(18(10-14)33-3)30-24(32)15-6-4-5-7-16(15)25/h4-10H,11H2,1-3H3,(H,29,31)(H,30,32). The van der Waals surface area contributed by atoms with Crippen LogP contribution in [0, 0.1) is 13.8 Å². The van der Waals surface area contributed by atoms with Gasteiger partial charge in [-0.25, -0.2) is 0 Å². The molecule has 3 aromatic rings. The summed E-state index contributed by atoms with van der Waals surface area (Å²) < 4.78 is 10.9. The van der Waals surface area contributed by atoms with Gasteiger partial charge in [0.2, 0.25) is 0 Å². The molecule has 0 aliphatic carbocycles. The average Bonchev–Trinajstić information content (AvgIpc) is 2.82. The number of halogens is 4. The van der Waals surface area contributed by atoms with E-state index in [1.54, 1.807) is 56.3 Å². The fourth-order valence-corrected chi connectivity index (χ4v) is 4.12. The van der Waals surface area contributed by atoms with E-state index in [1.807, 2.05) is 0 Å². The highest BCUT2D eigenvalue weighted by atomic mass is 35.5. The van der Waals surface area contributed by atoms with Gasteiger partial charge in [0.25, 0.3) is 11.8 Å². The van der Waals surface area contributed by atoms with Gasteiger partial charge in [0.1, 0.15) is 5.75 Å². The second kappa shape index (κ2) is 11.2. The minimum absolute atomic E-state index is 0.188. The molecule has 0 aliphatic rings. The van der Waals surface area contributed by atoms with E-state index in [-0.39, 0.29) is 22.4 Å². The van der Waals surface area contributed by atoms with Crippen LogP contribution in [0.25, 0.3) is 0 Å². The summed E-state index contributed by atoms with van der Waals surface area (Å²) in [7, 11) is 1.45. The minimum Gasteiger partial charge on any atom is -0.494 e. The molecule has 178 valence electrons. The fourth-order valence-electron chi connectivity index (χ4n) is 3.08. The number of methoxy groups -OCH3 is 1. The zero-order chi connectivity index (χ0) is 25.0. The Labute approximate surface area is 217 Å². The zero-order valence-corrected chi connectivity index (χ0v) is 21.4. The second-order valence-corrected chi connectivity index (χ2v) is 8.75. The van der Waals surface area contributed by atoms with Crippen molar-refractivity contribution in [2.75, 3.05) is 24.4 Å². The van der Waals surface area contributed by atoms with Gasteiger partial charge in [-0.3, -0.25) is 9.59 Å². The van der Waals surface area contributed by atoms with Crippen molar-refractivity contribution in [2.24, 2.45) is 0 Å². The maximum atomic E-state index is 12.5. The van der Waals surface area contributed by atoms with Crippen molar-refractivity contribution in [3.63, 3.8) is 0 Å². The minimum atomic E-state index is -0.452. The summed E-state index contributed by atoms with van der Waals surface area (Å²) in [6, 6.07) is 11.5. The Morgan fingerprint density at radius 2 is 1.53 bits per heavy atom. The molecule has 0 bridgehead atoms. The van der Waals surface area contributed by atoms with Crippen LogP contribution in [-0.4, -0.2) is 25.5 Å². The molecule has 2 N–H and O–H groups in total. The molecule has 0 aromatic heterocycles. The van der Waals surface area contributed by atoms with Crippen LogP contribution in [-0.2, 0) is 4.79 Å². The van der Waals surface area contributed by atoms with Crippen molar-refractivity contribution in [3.8, 4) is 11.5 Å². The van der Waals surface area contributed by atoms with E-state index in [9.17, 15) is 9.59 Å². The first kappa shape index (κ1) is 26.0. The molecule has 34 heavy (non-hydrogen) atoms. The molecule has 0 fully saturated rings. The third-order valence-corrected chi connectivity index (χ3v) is 6.72. The summed E-state index contributed by atoms with van der Waals surface area (Å²) >= 11 is 24.9. The smallest absolute Gasteiger partial charge is 0.262 e. The van der Waals surface area contributed by atoms with E-state index in [1.165, 1.54) is 7.11 Å². The quantitative estimate of drug-likeness (QED) is 0.331. The van der Waals surface area contributed by atoms with E-state index in [0.29, 0.717) is 43.9 Å². The molecule has 0 saturated carbocycles. The highest BCUT2D eigenvalue weighted by Crippen LogP contribution is 2.42. The zero-order valence-electron chi connectivity index (χ0n) is 18.4. The number of benzene rings is 3. The van der Waals surface area contributed by atoms with Crippen molar-refractivity contribution >= 4 is 69.6 Å². The molecular formula is C24H20Cl4N2O4. The van der Waals surface area contributed by atoms with Crippen LogP contribution in [0.15, 0.2) is 42.5 Å². The Kier molecular flexibility index (Phi) is 8.55. The van der Waals surface area contributed by atoms with Gasteiger partial charge in [0.05, 0.1) is 33.4 Å². The lowest BCUT2D eigenvalue weighted by Crippen LogP contribution is -2.20. The summed E-state index contributed by atoms with van der Waals surface area (Å²) in [5, 5.41) is 6.71. The Bertz CT molecular complexity index is 1230. The van der Waals surface area contributed by atoms with E-state index in [0.717, 1.165) is 0 Å². The summed E-state index contributed by atoms with van der Waals surface area (Å²) in [6.45, 7) is 3.13. The van der Waals surface area contributed by atoms with Gasteiger partial charge >= 0.3 is 0 Å². The largest absolute Gasteiger partial charge is 0.494 e. The van der Waals surface area contributed by atoms with Crippen molar-refractivity contribution < 1.29 is 19.1 Å². The molecule has 0 spiro atoms. The van der Waals surface area contributed by atoms with Crippen molar-refractivity contribution in [3.05, 3.63) is 79.2 Å². The summed E-state index contributed by atoms with van der Waals surface area (Å²) in [4.78, 5) is 25.0. The number of anilines is 2. The highest BCUT2D eigenvalue weighted by Gasteiger charge is 2.19. The van der Waals surface area contributed by atoms with Crippen molar-refractivity contribution in [1.82, 2.24) is 0 Å². The number of ether oxygens (including phenoxy) is 2. The van der Waals surface area contributed by atoms with Crippen LogP contribution >= 0.6 is 46.4 Å². The summed E-state index contributed by atoms with van der Waals surface area (Å²) in [5.41, 5.74) is 2.39. The molecule has 0 radical (unpaired) electrons. The molecule has 0 unspecified atom stereocenters. The maximum absolute atomic E-state index is 12.5. The van der Waals surface area contributed by atoms with E-state index < -0.39 is 11.8 Å². The summed E-state index contributed by atoms with van der Waals surface area (Å²) in [5.74, 6) is -0.314. The van der Waals surface area contributed by atoms with Crippen LogP contribution in [0.5, 0.6) is 11.5 Å². The van der Waals surface area contributed by atoms with Crippen LogP contribution < -0.4 is 20.1 Å². The van der Waals surface area contributed by atoms with Crippen LogP contribution in [0.4, 0.5) is 11.4 Å². The third kappa shape index (κ3) is 5.70.